The molecule has 1 aliphatic heterocycles. The fourth-order valence-corrected chi connectivity index (χ4v) is 2.61. The number of hydrogen-bond acceptors (Lipinski definition) is 4. The molecule has 0 radical (unpaired) electrons. The summed E-state index contributed by atoms with van der Waals surface area (Å²) in [6.45, 7) is 0.573. The van der Waals surface area contributed by atoms with Gasteiger partial charge in [0.05, 0.1) is 25.3 Å². The number of benzene rings is 2. The first kappa shape index (κ1) is 15.1. The van der Waals surface area contributed by atoms with Crippen LogP contribution in [0.4, 0.5) is 0 Å². The quantitative estimate of drug-likeness (QED) is 0.885. The lowest BCUT2D eigenvalue weighted by molar-refractivity contribution is 0.0600. The average molecular weight is 311 g/mol. The molecule has 1 N–H and O–H groups in total. The Hall–Kier alpha value is -2.82. The molecule has 5 heteroatoms. The summed E-state index contributed by atoms with van der Waals surface area (Å²) in [5, 5.41) is 3.02. The van der Waals surface area contributed by atoms with Gasteiger partial charge in [0, 0.05) is 17.5 Å². The normalized spacial score (nSPS) is 16.0. The van der Waals surface area contributed by atoms with Gasteiger partial charge in [0.25, 0.3) is 5.91 Å². The van der Waals surface area contributed by atoms with Gasteiger partial charge in [-0.1, -0.05) is 18.2 Å². The van der Waals surface area contributed by atoms with Gasteiger partial charge in [0.1, 0.15) is 5.75 Å². The zero-order valence-corrected chi connectivity index (χ0v) is 12.7. The van der Waals surface area contributed by atoms with Crippen LogP contribution in [0.25, 0.3) is 0 Å². The first-order chi connectivity index (χ1) is 11.2. The molecule has 3 rings (SSSR count). The number of carbonyl (C=O) groups is 2. The second kappa shape index (κ2) is 6.52. The molecule has 0 aromatic heterocycles. The van der Waals surface area contributed by atoms with Gasteiger partial charge >= 0.3 is 5.97 Å². The molecule has 1 amide bonds. The third kappa shape index (κ3) is 3.18. The SMILES string of the molecule is COC(=O)c1ccc(C(=O)N[C@@H]2CCOc3ccccc32)cc1. The first-order valence-corrected chi connectivity index (χ1v) is 7.40. The number of esters is 1. The molecule has 0 saturated heterocycles. The van der Waals surface area contributed by atoms with Crippen molar-refractivity contribution in [1.82, 2.24) is 5.32 Å². The molecular formula is C18H17NO4. The number of fused-ring (bicyclic) bond motifs is 1. The number of para-hydroxylation sites is 1. The summed E-state index contributed by atoms with van der Waals surface area (Å²) in [5.74, 6) is 0.212. The standard InChI is InChI=1S/C18H17NO4/c1-22-18(21)13-8-6-12(7-9-13)17(20)19-15-10-11-23-16-5-3-2-4-14(15)16/h2-9,15H,10-11H2,1H3,(H,19,20)/t15-/m1/s1. The molecule has 0 spiro atoms. The van der Waals surface area contributed by atoms with E-state index in [0.717, 1.165) is 17.7 Å². The number of carbonyl (C=O) groups excluding carboxylic acids is 2. The lowest BCUT2D eigenvalue weighted by Gasteiger charge is -2.26. The van der Waals surface area contributed by atoms with Gasteiger partial charge in [0.15, 0.2) is 0 Å². The minimum Gasteiger partial charge on any atom is -0.493 e. The lowest BCUT2D eigenvalue weighted by Crippen LogP contribution is -2.32. The van der Waals surface area contributed by atoms with E-state index in [4.69, 9.17) is 4.74 Å². The van der Waals surface area contributed by atoms with E-state index in [0.29, 0.717) is 17.7 Å². The van der Waals surface area contributed by atoms with Gasteiger partial charge in [0.2, 0.25) is 0 Å². The summed E-state index contributed by atoms with van der Waals surface area (Å²) in [6.07, 6.45) is 0.725. The zero-order valence-electron chi connectivity index (χ0n) is 12.7. The molecule has 5 nitrogen and oxygen atoms in total. The lowest BCUT2D eigenvalue weighted by atomic mass is 10.00. The maximum Gasteiger partial charge on any atom is 0.337 e. The molecule has 1 aliphatic rings. The van der Waals surface area contributed by atoms with Crippen LogP contribution < -0.4 is 10.1 Å². The highest BCUT2D eigenvalue weighted by Gasteiger charge is 2.23. The van der Waals surface area contributed by atoms with Crippen LogP contribution in [0, 0.1) is 0 Å². The summed E-state index contributed by atoms with van der Waals surface area (Å²) < 4.78 is 10.2. The monoisotopic (exact) mass is 311 g/mol. The molecule has 0 saturated carbocycles. The van der Waals surface area contributed by atoms with Crippen LogP contribution in [-0.2, 0) is 4.74 Å². The molecule has 0 unspecified atom stereocenters. The Morgan fingerprint density at radius 2 is 1.78 bits per heavy atom. The van der Waals surface area contributed by atoms with Crippen molar-refractivity contribution in [2.24, 2.45) is 0 Å². The third-order valence-corrected chi connectivity index (χ3v) is 3.83. The van der Waals surface area contributed by atoms with Gasteiger partial charge < -0.3 is 14.8 Å². The van der Waals surface area contributed by atoms with Crippen molar-refractivity contribution in [2.75, 3.05) is 13.7 Å². The highest BCUT2D eigenvalue weighted by atomic mass is 16.5. The Balaban J connectivity index is 1.74. The smallest absolute Gasteiger partial charge is 0.337 e. The first-order valence-electron chi connectivity index (χ1n) is 7.40. The van der Waals surface area contributed by atoms with Gasteiger partial charge in [-0.3, -0.25) is 4.79 Å². The van der Waals surface area contributed by atoms with E-state index in [9.17, 15) is 9.59 Å². The van der Waals surface area contributed by atoms with E-state index >= 15 is 0 Å². The Kier molecular flexibility index (Phi) is 4.28. The summed E-state index contributed by atoms with van der Waals surface area (Å²) in [6, 6.07) is 14.0. The Bertz CT molecular complexity index is 724. The maximum atomic E-state index is 12.4. The summed E-state index contributed by atoms with van der Waals surface area (Å²) >= 11 is 0. The van der Waals surface area contributed by atoms with Crippen LogP contribution in [0.2, 0.25) is 0 Å². The van der Waals surface area contributed by atoms with Crippen LogP contribution >= 0.6 is 0 Å². The van der Waals surface area contributed by atoms with Crippen molar-refractivity contribution in [3.63, 3.8) is 0 Å². The molecule has 118 valence electrons. The Labute approximate surface area is 134 Å². The predicted octanol–water partition coefficient (Wildman–Crippen LogP) is 2.73. The highest BCUT2D eigenvalue weighted by Crippen LogP contribution is 2.31. The minimum absolute atomic E-state index is 0.0762. The van der Waals surface area contributed by atoms with Crippen LogP contribution in [0.5, 0.6) is 5.75 Å². The molecular weight excluding hydrogens is 294 g/mol. The Morgan fingerprint density at radius 3 is 2.52 bits per heavy atom. The number of ether oxygens (including phenoxy) is 2. The van der Waals surface area contributed by atoms with Crippen molar-refractivity contribution in [2.45, 2.75) is 12.5 Å². The van der Waals surface area contributed by atoms with Gasteiger partial charge in [-0.15, -0.1) is 0 Å². The molecule has 1 atom stereocenters. The number of amides is 1. The molecule has 2 aromatic rings. The van der Waals surface area contributed by atoms with Crippen molar-refractivity contribution in [3.8, 4) is 5.75 Å². The number of nitrogens with one attached hydrogen (secondary N) is 1. The molecule has 0 bridgehead atoms. The van der Waals surface area contributed by atoms with Crippen molar-refractivity contribution < 1.29 is 19.1 Å². The van der Waals surface area contributed by atoms with Gasteiger partial charge in [-0.2, -0.15) is 0 Å². The average Bonchev–Trinajstić information content (AvgIpc) is 2.61. The molecule has 0 aliphatic carbocycles. The van der Waals surface area contributed by atoms with Crippen LogP contribution in [0.15, 0.2) is 48.5 Å². The molecule has 23 heavy (non-hydrogen) atoms. The second-order valence-electron chi connectivity index (χ2n) is 5.27. The molecule has 2 aromatic carbocycles. The van der Waals surface area contributed by atoms with Crippen LogP contribution in [0.1, 0.15) is 38.7 Å². The third-order valence-electron chi connectivity index (χ3n) is 3.83. The zero-order chi connectivity index (χ0) is 16.2. The molecule has 1 heterocycles. The number of rotatable bonds is 3. The van der Waals surface area contributed by atoms with E-state index in [-0.39, 0.29) is 11.9 Å². The van der Waals surface area contributed by atoms with E-state index < -0.39 is 5.97 Å². The minimum atomic E-state index is -0.421. The van der Waals surface area contributed by atoms with Crippen LogP contribution in [0.3, 0.4) is 0 Å². The van der Waals surface area contributed by atoms with Crippen molar-refractivity contribution in [1.29, 1.82) is 0 Å². The summed E-state index contributed by atoms with van der Waals surface area (Å²) in [4.78, 5) is 23.8. The predicted molar refractivity (Wildman–Crippen MR) is 84.5 cm³/mol. The second-order valence-corrected chi connectivity index (χ2v) is 5.27. The topological polar surface area (TPSA) is 64.6 Å². The number of methoxy groups -OCH3 is 1. The van der Waals surface area contributed by atoms with Crippen LogP contribution in [-0.4, -0.2) is 25.6 Å². The van der Waals surface area contributed by atoms with Gasteiger partial charge in [-0.25, -0.2) is 4.79 Å². The van der Waals surface area contributed by atoms with Crippen molar-refractivity contribution >= 4 is 11.9 Å². The molecule has 0 fully saturated rings. The fraction of sp³-hybridized carbons (Fsp3) is 0.222. The van der Waals surface area contributed by atoms with E-state index in [1.54, 1.807) is 24.3 Å². The fourth-order valence-electron chi connectivity index (χ4n) is 2.61. The highest BCUT2D eigenvalue weighted by molar-refractivity contribution is 5.96. The van der Waals surface area contributed by atoms with E-state index in [1.807, 2.05) is 24.3 Å². The largest absolute Gasteiger partial charge is 0.493 e. The van der Waals surface area contributed by atoms with Crippen molar-refractivity contribution in [3.05, 3.63) is 65.2 Å². The van der Waals surface area contributed by atoms with E-state index in [1.165, 1.54) is 7.11 Å². The summed E-state index contributed by atoms with van der Waals surface area (Å²) in [5.41, 5.74) is 1.90. The Morgan fingerprint density at radius 1 is 1.09 bits per heavy atom. The number of hydrogen-bond donors (Lipinski definition) is 1. The van der Waals surface area contributed by atoms with E-state index in [2.05, 4.69) is 10.1 Å². The summed E-state index contributed by atoms with van der Waals surface area (Å²) in [7, 11) is 1.32. The van der Waals surface area contributed by atoms with Gasteiger partial charge in [-0.05, 0) is 30.3 Å². The maximum absolute atomic E-state index is 12.4.